The number of benzene rings is 2. The van der Waals surface area contributed by atoms with Crippen LogP contribution in [-0.2, 0) is 22.7 Å². The number of nitrogens with zero attached hydrogens (tertiary/aromatic N) is 2. The Morgan fingerprint density at radius 2 is 1.56 bits per heavy atom. The van der Waals surface area contributed by atoms with Crippen LogP contribution in [0.4, 0.5) is 32.0 Å². The monoisotopic (exact) mass is 504 g/mol. The van der Waals surface area contributed by atoms with Gasteiger partial charge in [-0.2, -0.15) is 26.3 Å². The van der Waals surface area contributed by atoms with Crippen LogP contribution >= 0.6 is 0 Å². The van der Waals surface area contributed by atoms with E-state index in [0.717, 1.165) is 36.4 Å². The summed E-state index contributed by atoms with van der Waals surface area (Å²) >= 11 is 0. The summed E-state index contributed by atoms with van der Waals surface area (Å²) in [5, 5.41) is 10.5. The van der Waals surface area contributed by atoms with Crippen molar-refractivity contribution in [1.82, 2.24) is 4.98 Å². The number of rotatable bonds is 7. The topological polar surface area (TPSA) is 70.5 Å². The van der Waals surface area contributed by atoms with Crippen molar-refractivity contribution in [3.8, 4) is 0 Å². The summed E-state index contributed by atoms with van der Waals surface area (Å²) in [4.78, 5) is 3.82. The smallest absolute Gasteiger partial charge is 0.384 e. The molecule has 1 heterocycles. The lowest BCUT2D eigenvalue weighted by atomic mass is 9.96. The van der Waals surface area contributed by atoms with Crippen molar-refractivity contribution in [3.05, 3.63) is 95.3 Å². The van der Waals surface area contributed by atoms with Gasteiger partial charge in [0.25, 0.3) is 0 Å². The number of anilines is 1. The Hall–Kier alpha value is -3.12. The first-order chi connectivity index (χ1) is 15.8. The maximum Gasteiger partial charge on any atom is 0.416 e. The molecule has 0 fully saturated rings. The molecule has 1 atom stereocenters. The standard InChI is InChI=1S/C22H18F6N2O3S/c23-21(24,25)14-34(32,33)30(13-15-4-3-11-29-12-15)17-9-7-16(8-10-17)20(31)18-5-1-2-6-19(18)22(26,27)28/h1-12,20,31H,13-14H2. The average Bonchev–Trinajstić information content (AvgIpc) is 2.75. The number of aromatic nitrogens is 1. The number of hydrogen-bond acceptors (Lipinski definition) is 4. The van der Waals surface area contributed by atoms with Gasteiger partial charge in [0, 0.05) is 12.4 Å². The third-order valence-electron chi connectivity index (χ3n) is 4.79. The van der Waals surface area contributed by atoms with E-state index in [1.807, 2.05) is 0 Å². The van der Waals surface area contributed by atoms with E-state index in [1.165, 1.54) is 36.7 Å². The van der Waals surface area contributed by atoms with Gasteiger partial charge < -0.3 is 5.11 Å². The van der Waals surface area contributed by atoms with Crippen LogP contribution < -0.4 is 4.31 Å². The molecule has 182 valence electrons. The van der Waals surface area contributed by atoms with Crippen molar-refractivity contribution >= 4 is 15.7 Å². The molecule has 2 aromatic carbocycles. The first kappa shape index (κ1) is 25.5. The van der Waals surface area contributed by atoms with Gasteiger partial charge in [-0.05, 0) is 41.0 Å². The summed E-state index contributed by atoms with van der Waals surface area (Å²) in [5.41, 5.74) is -1.31. The molecule has 0 aliphatic carbocycles. The molecule has 1 N–H and O–H groups in total. The van der Waals surface area contributed by atoms with Crippen LogP contribution in [0, 0.1) is 0 Å². The zero-order valence-corrected chi connectivity index (χ0v) is 18.1. The van der Waals surface area contributed by atoms with Crippen molar-refractivity contribution in [2.75, 3.05) is 10.1 Å². The first-order valence-corrected chi connectivity index (χ1v) is 11.3. The highest BCUT2D eigenvalue weighted by Gasteiger charge is 2.39. The maximum atomic E-state index is 13.3. The summed E-state index contributed by atoms with van der Waals surface area (Å²) in [6.07, 6.45) is -8.71. The van der Waals surface area contributed by atoms with E-state index < -0.39 is 51.9 Å². The molecule has 0 aliphatic heterocycles. The van der Waals surface area contributed by atoms with Gasteiger partial charge in [0.2, 0.25) is 10.0 Å². The number of hydrogen-bond donors (Lipinski definition) is 1. The summed E-state index contributed by atoms with van der Waals surface area (Å²) in [7, 11) is -4.87. The van der Waals surface area contributed by atoms with Crippen LogP contribution in [-0.4, -0.2) is 30.4 Å². The van der Waals surface area contributed by atoms with Crippen molar-refractivity contribution in [2.45, 2.75) is 25.0 Å². The molecule has 5 nitrogen and oxygen atoms in total. The van der Waals surface area contributed by atoms with Gasteiger partial charge in [-0.3, -0.25) is 9.29 Å². The molecule has 34 heavy (non-hydrogen) atoms. The summed E-state index contributed by atoms with van der Waals surface area (Å²) in [6, 6.07) is 11.9. The number of alkyl halides is 6. The van der Waals surface area contributed by atoms with Crippen molar-refractivity contribution in [2.24, 2.45) is 0 Å². The molecule has 12 heteroatoms. The third kappa shape index (κ3) is 6.26. The van der Waals surface area contributed by atoms with Crippen LogP contribution in [0.2, 0.25) is 0 Å². The van der Waals surface area contributed by atoms with Gasteiger partial charge in [0.15, 0.2) is 5.75 Å². The molecule has 3 aromatic rings. The molecule has 0 amide bonds. The Balaban J connectivity index is 1.97. The fraction of sp³-hybridized carbons (Fsp3) is 0.227. The Morgan fingerprint density at radius 1 is 0.912 bits per heavy atom. The number of aliphatic hydroxyl groups excluding tert-OH is 1. The minimum absolute atomic E-state index is 0.00463. The molecule has 0 spiro atoms. The van der Waals surface area contributed by atoms with Gasteiger partial charge >= 0.3 is 12.4 Å². The number of sulfonamides is 1. The van der Waals surface area contributed by atoms with Crippen molar-refractivity contribution in [3.63, 3.8) is 0 Å². The number of halogens is 6. The van der Waals surface area contributed by atoms with Crippen LogP contribution in [0.1, 0.15) is 28.4 Å². The summed E-state index contributed by atoms with van der Waals surface area (Å²) < 4.78 is 104. The Morgan fingerprint density at radius 3 is 2.12 bits per heavy atom. The zero-order valence-electron chi connectivity index (χ0n) is 17.3. The fourth-order valence-electron chi connectivity index (χ4n) is 3.29. The van der Waals surface area contributed by atoms with Gasteiger partial charge in [0.05, 0.1) is 17.8 Å². The highest BCUT2D eigenvalue weighted by molar-refractivity contribution is 7.92. The maximum absolute atomic E-state index is 13.3. The largest absolute Gasteiger partial charge is 0.416 e. The zero-order chi connectivity index (χ0) is 25.1. The first-order valence-electron chi connectivity index (χ1n) is 9.68. The third-order valence-corrected chi connectivity index (χ3v) is 6.49. The molecule has 0 aliphatic rings. The van der Waals surface area contributed by atoms with Crippen molar-refractivity contribution in [1.29, 1.82) is 0 Å². The van der Waals surface area contributed by atoms with E-state index in [9.17, 15) is 39.9 Å². The highest BCUT2D eigenvalue weighted by Crippen LogP contribution is 2.37. The lowest BCUT2D eigenvalue weighted by Crippen LogP contribution is -2.37. The van der Waals surface area contributed by atoms with E-state index >= 15 is 0 Å². The second-order valence-corrected chi connectivity index (χ2v) is 9.21. The second kappa shape index (κ2) is 9.63. The van der Waals surface area contributed by atoms with Crippen LogP contribution in [0.15, 0.2) is 73.1 Å². The lowest BCUT2D eigenvalue weighted by molar-refractivity contribution is -0.139. The molecule has 1 unspecified atom stereocenters. The average molecular weight is 504 g/mol. The molecule has 0 saturated heterocycles. The molecule has 1 aromatic heterocycles. The van der Waals surface area contributed by atoms with E-state index in [-0.39, 0.29) is 11.3 Å². The molecule has 0 radical (unpaired) electrons. The van der Waals surface area contributed by atoms with Gasteiger partial charge in [0.1, 0.15) is 6.10 Å². The normalized spacial score (nSPS) is 13.5. The summed E-state index contributed by atoms with van der Waals surface area (Å²) in [6.45, 7) is -0.453. The number of pyridine rings is 1. The van der Waals surface area contributed by atoms with Gasteiger partial charge in [-0.25, -0.2) is 8.42 Å². The van der Waals surface area contributed by atoms with Crippen LogP contribution in [0.3, 0.4) is 0 Å². The minimum atomic E-state index is -5.00. The molecular formula is C22H18F6N2O3S. The Labute approximate surface area is 191 Å². The highest BCUT2D eigenvalue weighted by atomic mass is 32.2. The van der Waals surface area contributed by atoms with E-state index in [4.69, 9.17) is 0 Å². The summed E-state index contributed by atoms with van der Waals surface area (Å²) in [5.74, 6) is -2.11. The fourth-order valence-corrected chi connectivity index (χ4v) is 4.65. The van der Waals surface area contributed by atoms with Gasteiger partial charge in [-0.1, -0.05) is 36.4 Å². The predicted molar refractivity (Wildman–Crippen MR) is 112 cm³/mol. The predicted octanol–water partition coefficient (Wildman–Crippen LogP) is 5.08. The second-order valence-electron chi connectivity index (χ2n) is 7.32. The molecule has 0 bridgehead atoms. The Bertz CT molecular complexity index is 1210. The van der Waals surface area contributed by atoms with E-state index in [2.05, 4.69) is 4.98 Å². The SMILES string of the molecule is O=S(=O)(CC(F)(F)F)N(Cc1cccnc1)c1ccc(C(O)c2ccccc2C(F)(F)F)cc1. The minimum Gasteiger partial charge on any atom is -0.384 e. The van der Waals surface area contributed by atoms with E-state index in [1.54, 1.807) is 0 Å². The Kier molecular flexibility index (Phi) is 7.22. The number of aliphatic hydroxyl groups is 1. The quantitative estimate of drug-likeness (QED) is 0.456. The van der Waals surface area contributed by atoms with Crippen LogP contribution in [0.25, 0.3) is 0 Å². The van der Waals surface area contributed by atoms with E-state index in [0.29, 0.717) is 9.87 Å². The van der Waals surface area contributed by atoms with Crippen molar-refractivity contribution < 1.29 is 39.9 Å². The van der Waals surface area contributed by atoms with Gasteiger partial charge in [-0.15, -0.1) is 0 Å². The molecular weight excluding hydrogens is 486 g/mol. The molecule has 3 rings (SSSR count). The lowest BCUT2D eigenvalue weighted by Gasteiger charge is -2.26. The van der Waals surface area contributed by atoms with Crippen LogP contribution in [0.5, 0.6) is 0 Å². The molecule has 0 saturated carbocycles.